The maximum absolute atomic E-state index is 5.13. The first-order valence-electron chi connectivity index (χ1n) is 16.4. The van der Waals surface area contributed by atoms with Crippen LogP contribution < -0.4 is 0 Å². The van der Waals surface area contributed by atoms with Crippen molar-refractivity contribution in [3.8, 4) is 67.5 Å². The average Bonchev–Trinajstić information content (AvgIpc) is 3.58. The van der Waals surface area contributed by atoms with Crippen molar-refractivity contribution in [1.82, 2.24) is 15.0 Å². The van der Waals surface area contributed by atoms with Crippen LogP contribution in [0.2, 0.25) is 0 Å². The Labute approximate surface area is 288 Å². The summed E-state index contributed by atoms with van der Waals surface area (Å²) in [5.74, 6) is 1.98. The third-order valence-corrected chi connectivity index (χ3v) is 10.3. The van der Waals surface area contributed by atoms with E-state index >= 15 is 0 Å². The van der Waals surface area contributed by atoms with Crippen LogP contribution in [0.25, 0.3) is 87.7 Å². The molecule has 0 amide bonds. The standard InChI is InChI=1S/C45H29N3S/c1-4-12-30(13-5-1)31-22-24-32(25-23-31)33-26-28-36(29-27-33)44-46-43(35-16-8-3-9-17-35)47-45(48-44)40-21-11-20-39-38-19-10-18-37(41(38)49-42(39)40)34-14-6-2-7-15-34/h1-29H. The Morgan fingerprint density at radius 2 is 0.633 bits per heavy atom. The molecule has 0 atom stereocenters. The van der Waals surface area contributed by atoms with E-state index in [1.807, 2.05) is 24.3 Å². The first-order valence-corrected chi connectivity index (χ1v) is 17.2. The van der Waals surface area contributed by atoms with Gasteiger partial charge in [-0.3, -0.25) is 0 Å². The smallest absolute Gasteiger partial charge is 0.165 e. The monoisotopic (exact) mass is 643 g/mol. The summed E-state index contributed by atoms with van der Waals surface area (Å²) in [4.78, 5) is 15.2. The molecule has 0 spiro atoms. The van der Waals surface area contributed by atoms with Crippen molar-refractivity contribution in [3.63, 3.8) is 0 Å². The molecule has 4 heteroatoms. The zero-order valence-electron chi connectivity index (χ0n) is 26.5. The van der Waals surface area contributed by atoms with E-state index in [1.54, 1.807) is 11.3 Å². The molecule has 2 heterocycles. The summed E-state index contributed by atoms with van der Waals surface area (Å²) in [5.41, 5.74) is 10.1. The van der Waals surface area contributed by atoms with Gasteiger partial charge in [0.2, 0.25) is 0 Å². The molecule has 9 aromatic rings. The normalized spacial score (nSPS) is 11.3. The zero-order valence-corrected chi connectivity index (χ0v) is 27.3. The molecule has 0 aliphatic heterocycles. The van der Waals surface area contributed by atoms with Crippen LogP contribution in [0, 0.1) is 0 Å². The number of hydrogen-bond acceptors (Lipinski definition) is 4. The summed E-state index contributed by atoms with van der Waals surface area (Å²) in [7, 11) is 0. The van der Waals surface area contributed by atoms with E-state index in [2.05, 4.69) is 152 Å². The van der Waals surface area contributed by atoms with Crippen LogP contribution in [0.3, 0.4) is 0 Å². The quantitative estimate of drug-likeness (QED) is 0.181. The van der Waals surface area contributed by atoms with Crippen molar-refractivity contribution in [1.29, 1.82) is 0 Å². The van der Waals surface area contributed by atoms with Crippen LogP contribution in [0.5, 0.6) is 0 Å². The summed E-state index contributed by atoms with van der Waals surface area (Å²) in [5, 5.41) is 2.45. The Bertz CT molecular complexity index is 2560. The van der Waals surface area contributed by atoms with E-state index in [9.17, 15) is 0 Å². The third kappa shape index (κ3) is 5.48. The topological polar surface area (TPSA) is 38.7 Å². The van der Waals surface area contributed by atoms with E-state index in [-0.39, 0.29) is 0 Å². The van der Waals surface area contributed by atoms with Gasteiger partial charge in [0, 0.05) is 36.9 Å². The van der Waals surface area contributed by atoms with E-state index in [4.69, 9.17) is 15.0 Å². The maximum Gasteiger partial charge on any atom is 0.165 e. The Balaban J connectivity index is 1.14. The lowest BCUT2D eigenvalue weighted by atomic mass is 9.99. The van der Waals surface area contributed by atoms with Crippen LogP contribution in [-0.2, 0) is 0 Å². The Hall–Kier alpha value is -6.23. The molecule has 0 saturated heterocycles. The average molecular weight is 644 g/mol. The molecule has 3 nitrogen and oxygen atoms in total. The van der Waals surface area contributed by atoms with E-state index in [0.29, 0.717) is 17.5 Å². The fraction of sp³-hybridized carbons (Fsp3) is 0. The van der Waals surface area contributed by atoms with Gasteiger partial charge in [0.1, 0.15) is 0 Å². The summed E-state index contributed by atoms with van der Waals surface area (Å²) >= 11 is 1.81. The van der Waals surface area contributed by atoms with Gasteiger partial charge in [0.15, 0.2) is 17.5 Å². The van der Waals surface area contributed by atoms with Gasteiger partial charge in [-0.25, -0.2) is 15.0 Å². The molecule has 0 aliphatic rings. The van der Waals surface area contributed by atoms with Crippen molar-refractivity contribution >= 4 is 31.5 Å². The summed E-state index contributed by atoms with van der Waals surface area (Å²) in [6.07, 6.45) is 0. The minimum Gasteiger partial charge on any atom is -0.208 e. The number of benzene rings is 7. The molecule has 230 valence electrons. The van der Waals surface area contributed by atoms with Gasteiger partial charge in [-0.05, 0) is 39.4 Å². The molecular weight excluding hydrogens is 615 g/mol. The molecular formula is C45H29N3S. The van der Waals surface area contributed by atoms with Crippen molar-refractivity contribution in [2.45, 2.75) is 0 Å². The van der Waals surface area contributed by atoms with Crippen LogP contribution in [0.15, 0.2) is 176 Å². The van der Waals surface area contributed by atoms with Gasteiger partial charge >= 0.3 is 0 Å². The van der Waals surface area contributed by atoms with Crippen molar-refractivity contribution < 1.29 is 0 Å². The van der Waals surface area contributed by atoms with Crippen LogP contribution in [-0.4, -0.2) is 15.0 Å². The second kappa shape index (κ2) is 12.4. The number of hydrogen-bond donors (Lipinski definition) is 0. The van der Waals surface area contributed by atoms with Crippen LogP contribution in [0.1, 0.15) is 0 Å². The summed E-state index contributed by atoms with van der Waals surface area (Å²) in [6, 6.07) is 61.5. The van der Waals surface area contributed by atoms with Gasteiger partial charge in [0.25, 0.3) is 0 Å². The molecule has 0 radical (unpaired) electrons. The Kier molecular flexibility index (Phi) is 7.34. The number of fused-ring (bicyclic) bond motifs is 3. The second-order valence-corrected chi connectivity index (χ2v) is 13.0. The zero-order chi connectivity index (χ0) is 32.6. The minimum atomic E-state index is 0.651. The van der Waals surface area contributed by atoms with Gasteiger partial charge in [-0.2, -0.15) is 0 Å². The minimum absolute atomic E-state index is 0.651. The van der Waals surface area contributed by atoms with Crippen LogP contribution >= 0.6 is 11.3 Å². The van der Waals surface area contributed by atoms with Gasteiger partial charge < -0.3 is 0 Å². The number of aromatic nitrogens is 3. The second-order valence-electron chi connectivity index (χ2n) is 12.0. The molecule has 2 aromatic heterocycles. The highest BCUT2D eigenvalue weighted by Crippen LogP contribution is 2.43. The predicted molar refractivity (Wildman–Crippen MR) is 205 cm³/mol. The first-order chi connectivity index (χ1) is 24.3. The Morgan fingerprint density at radius 3 is 1.16 bits per heavy atom. The number of rotatable bonds is 6. The largest absolute Gasteiger partial charge is 0.208 e. The lowest BCUT2D eigenvalue weighted by Crippen LogP contribution is -2.00. The van der Waals surface area contributed by atoms with Gasteiger partial charge in [-0.1, -0.05) is 170 Å². The highest BCUT2D eigenvalue weighted by molar-refractivity contribution is 7.26. The molecule has 7 aromatic carbocycles. The van der Waals surface area contributed by atoms with E-state index in [0.717, 1.165) is 22.3 Å². The lowest BCUT2D eigenvalue weighted by molar-refractivity contribution is 1.08. The maximum atomic E-state index is 5.13. The molecule has 9 rings (SSSR count). The molecule has 0 bridgehead atoms. The molecule has 0 N–H and O–H groups in total. The van der Waals surface area contributed by atoms with Gasteiger partial charge in [-0.15, -0.1) is 11.3 Å². The van der Waals surface area contributed by atoms with Crippen molar-refractivity contribution in [3.05, 3.63) is 176 Å². The number of nitrogens with zero attached hydrogens (tertiary/aromatic N) is 3. The molecule has 0 fully saturated rings. The van der Waals surface area contributed by atoms with Crippen LogP contribution in [0.4, 0.5) is 0 Å². The summed E-state index contributed by atoms with van der Waals surface area (Å²) < 4.78 is 2.44. The van der Waals surface area contributed by atoms with Crippen molar-refractivity contribution in [2.75, 3.05) is 0 Å². The molecule has 0 aliphatic carbocycles. The summed E-state index contributed by atoms with van der Waals surface area (Å²) in [6.45, 7) is 0. The fourth-order valence-corrected chi connectivity index (χ4v) is 7.83. The number of thiophene rings is 1. The third-order valence-electron chi connectivity index (χ3n) is 8.99. The SMILES string of the molecule is c1ccc(-c2ccc(-c3ccc(-c4nc(-c5ccccc5)nc(-c5cccc6c5sc5c(-c7ccccc7)cccc56)n4)cc3)cc2)cc1. The molecule has 49 heavy (non-hydrogen) atoms. The fourth-order valence-electron chi connectivity index (χ4n) is 6.48. The molecule has 0 saturated carbocycles. The first kappa shape index (κ1) is 29.0. The lowest BCUT2D eigenvalue weighted by Gasteiger charge is -2.10. The van der Waals surface area contributed by atoms with E-state index in [1.165, 1.54) is 48.0 Å². The predicted octanol–water partition coefficient (Wildman–Crippen LogP) is 12.2. The van der Waals surface area contributed by atoms with Crippen molar-refractivity contribution in [2.24, 2.45) is 0 Å². The Morgan fingerprint density at radius 1 is 0.265 bits per heavy atom. The van der Waals surface area contributed by atoms with Gasteiger partial charge in [0.05, 0.1) is 0 Å². The highest BCUT2D eigenvalue weighted by atomic mass is 32.1. The molecule has 0 unspecified atom stereocenters. The highest BCUT2D eigenvalue weighted by Gasteiger charge is 2.18. The van der Waals surface area contributed by atoms with E-state index < -0.39 is 0 Å².